The molecule has 1 aliphatic heterocycles. The Labute approximate surface area is 129 Å². The molecule has 3 nitrogen and oxygen atoms in total. The molecule has 1 atom stereocenters. The second kappa shape index (κ2) is 7.88. The second-order valence-corrected chi connectivity index (χ2v) is 5.55. The van der Waals surface area contributed by atoms with Crippen molar-refractivity contribution in [2.45, 2.75) is 32.4 Å². The molecule has 106 valence electrons. The standard InChI is InChI=1S/C14H19BrN2O.ClH/c1-2-17(14(18)13-7-4-8-16-13)10-11-5-3-6-12(15)9-11;/h3,5-6,9,13,16H,2,4,7-8,10H2,1H3;1H. The summed E-state index contributed by atoms with van der Waals surface area (Å²) in [5.41, 5.74) is 1.16. The van der Waals surface area contributed by atoms with Gasteiger partial charge in [0.05, 0.1) is 6.04 Å². The molecule has 1 aliphatic rings. The summed E-state index contributed by atoms with van der Waals surface area (Å²) in [5.74, 6) is 0.231. The lowest BCUT2D eigenvalue weighted by Gasteiger charge is -2.24. The van der Waals surface area contributed by atoms with Crippen molar-refractivity contribution in [1.29, 1.82) is 0 Å². The van der Waals surface area contributed by atoms with E-state index >= 15 is 0 Å². The van der Waals surface area contributed by atoms with Gasteiger partial charge in [0.25, 0.3) is 0 Å². The van der Waals surface area contributed by atoms with Crippen LogP contribution in [0, 0.1) is 0 Å². The number of halogens is 2. The summed E-state index contributed by atoms with van der Waals surface area (Å²) in [4.78, 5) is 14.2. The summed E-state index contributed by atoms with van der Waals surface area (Å²) in [6, 6.07) is 8.16. The summed E-state index contributed by atoms with van der Waals surface area (Å²) in [6.07, 6.45) is 2.07. The topological polar surface area (TPSA) is 32.3 Å². The van der Waals surface area contributed by atoms with Gasteiger partial charge in [-0.2, -0.15) is 0 Å². The van der Waals surface area contributed by atoms with Gasteiger partial charge in [-0.05, 0) is 44.0 Å². The monoisotopic (exact) mass is 346 g/mol. The van der Waals surface area contributed by atoms with Gasteiger partial charge in [0, 0.05) is 17.6 Å². The van der Waals surface area contributed by atoms with E-state index in [1.54, 1.807) is 0 Å². The van der Waals surface area contributed by atoms with Crippen molar-refractivity contribution in [3.63, 3.8) is 0 Å². The lowest BCUT2D eigenvalue weighted by molar-refractivity contribution is -0.133. The zero-order chi connectivity index (χ0) is 13.0. The number of likely N-dealkylation sites (N-methyl/N-ethyl adjacent to an activating group) is 1. The molecular formula is C14H20BrClN2O. The first-order valence-electron chi connectivity index (χ1n) is 6.47. The van der Waals surface area contributed by atoms with E-state index in [0.717, 1.165) is 36.0 Å². The highest BCUT2D eigenvalue weighted by Gasteiger charge is 2.25. The largest absolute Gasteiger partial charge is 0.337 e. The summed E-state index contributed by atoms with van der Waals surface area (Å²) in [7, 11) is 0. The molecule has 0 saturated carbocycles. The zero-order valence-electron chi connectivity index (χ0n) is 11.1. The molecule has 1 unspecified atom stereocenters. The Balaban J connectivity index is 0.00000180. The summed E-state index contributed by atoms with van der Waals surface area (Å²) in [5, 5.41) is 3.27. The number of benzene rings is 1. The highest BCUT2D eigenvalue weighted by Crippen LogP contribution is 2.15. The van der Waals surface area contributed by atoms with Gasteiger partial charge in [0.15, 0.2) is 0 Å². The smallest absolute Gasteiger partial charge is 0.239 e. The quantitative estimate of drug-likeness (QED) is 0.908. The maximum absolute atomic E-state index is 12.3. The van der Waals surface area contributed by atoms with Crippen LogP contribution in [0.25, 0.3) is 0 Å². The van der Waals surface area contributed by atoms with E-state index < -0.39 is 0 Å². The maximum Gasteiger partial charge on any atom is 0.239 e. The maximum atomic E-state index is 12.3. The molecule has 0 aliphatic carbocycles. The van der Waals surface area contributed by atoms with Crippen LogP contribution in [-0.4, -0.2) is 29.9 Å². The third kappa shape index (κ3) is 4.48. The average molecular weight is 348 g/mol. The van der Waals surface area contributed by atoms with Crippen LogP contribution < -0.4 is 5.32 Å². The highest BCUT2D eigenvalue weighted by atomic mass is 79.9. The van der Waals surface area contributed by atoms with Crippen molar-refractivity contribution in [2.24, 2.45) is 0 Å². The number of amides is 1. The molecule has 1 saturated heterocycles. The summed E-state index contributed by atoms with van der Waals surface area (Å²) < 4.78 is 1.06. The van der Waals surface area contributed by atoms with E-state index in [1.165, 1.54) is 0 Å². The molecule has 0 aromatic heterocycles. The molecule has 1 amide bonds. The van der Waals surface area contributed by atoms with Crippen LogP contribution in [0.3, 0.4) is 0 Å². The van der Waals surface area contributed by atoms with Gasteiger partial charge in [-0.1, -0.05) is 28.1 Å². The van der Waals surface area contributed by atoms with Crippen molar-refractivity contribution in [2.75, 3.05) is 13.1 Å². The molecule has 2 rings (SSSR count). The van der Waals surface area contributed by atoms with Crippen LogP contribution in [0.2, 0.25) is 0 Å². The fourth-order valence-electron chi connectivity index (χ4n) is 2.32. The first-order chi connectivity index (χ1) is 8.70. The van der Waals surface area contributed by atoms with Crippen molar-refractivity contribution < 1.29 is 4.79 Å². The van der Waals surface area contributed by atoms with E-state index in [1.807, 2.05) is 24.0 Å². The van der Waals surface area contributed by atoms with E-state index in [9.17, 15) is 4.79 Å². The second-order valence-electron chi connectivity index (χ2n) is 4.63. The summed E-state index contributed by atoms with van der Waals surface area (Å²) >= 11 is 3.46. The highest BCUT2D eigenvalue weighted by molar-refractivity contribution is 9.10. The van der Waals surface area contributed by atoms with Crippen LogP contribution in [0.4, 0.5) is 0 Å². The first kappa shape index (κ1) is 16.5. The van der Waals surface area contributed by atoms with Crippen molar-refractivity contribution in [1.82, 2.24) is 10.2 Å². The number of rotatable bonds is 4. The Morgan fingerprint density at radius 1 is 1.53 bits per heavy atom. The molecule has 0 radical (unpaired) electrons. The minimum absolute atomic E-state index is 0. The minimum atomic E-state index is 0. The van der Waals surface area contributed by atoms with Crippen molar-refractivity contribution in [3.8, 4) is 0 Å². The molecular weight excluding hydrogens is 328 g/mol. The van der Waals surface area contributed by atoms with Crippen LogP contribution in [-0.2, 0) is 11.3 Å². The average Bonchev–Trinajstić information content (AvgIpc) is 2.89. The van der Waals surface area contributed by atoms with E-state index in [0.29, 0.717) is 6.54 Å². The van der Waals surface area contributed by atoms with Gasteiger partial charge in [0.2, 0.25) is 5.91 Å². The first-order valence-corrected chi connectivity index (χ1v) is 7.26. The zero-order valence-corrected chi connectivity index (χ0v) is 13.5. The van der Waals surface area contributed by atoms with Crippen molar-refractivity contribution >= 4 is 34.2 Å². The number of nitrogens with zero attached hydrogens (tertiary/aromatic N) is 1. The Bertz CT molecular complexity index is 422. The lowest BCUT2D eigenvalue weighted by Crippen LogP contribution is -2.43. The normalized spacial score (nSPS) is 17.9. The summed E-state index contributed by atoms with van der Waals surface area (Å²) in [6.45, 7) is 4.44. The molecule has 1 heterocycles. The molecule has 0 spiro atoms. The molecule has 19 heavy (non-hydrogen) atoms. The number of carbonyl (C=O) groups is 1. The lowest BCUT2D eigenvalue weighted by atomic mass is 10.1. The number of carbonyl (C=O) groups excluding carboxylic acids is 1. The Kier molecular flexibility index (Phi) is 6.83. The fourth-order valence-corrected chi connectivity index (χ4v) is 2.76. The third-order valence-electron chi connectivity index (χ3n) is 3.31. The Morgan fingerprint density at radius 3 is 2.89 bits per heavy atom. The van der Waals surface area contributed by atoms with Crippen LogP contribution in [0.15, 0.2) is 28.7 Å². The molecule has 1 aromatic rings. The number of nitrogens with one attached hydrogen (secondary N) is 1. The van der Waals surface area contributed by atoms with Crippen LogP contribution >= 0.6 is 28.3 Å². The SMILES string of the molecule is CCN(Cc1cccc(Br)c1)C(=O)C1CCCN1.Cl. The number of hydrogen-bond acceptors (Lipinski definition) is 2. The van der Waals surface area contributed by atoms with Gasteiger partial charge in [-0.15, -0.1) is 12.4 Å². The molecule has 5 heteroatoms. The van der Waals surface area contributed by atoms with E-state index in [-0.39, 0.29) is 24.4 Å². The molecule has 0 bridgehead atoms. The van der Waals surface area contributed by atoms with Gasteiger partial charge in [-0.3, -0.25) is 4.79 Å². The predicted octanol–water partition coefficient (Wildman–Crippen LogP) is 2.97. The molecule has 1 N–H and O–H groups in total. The Morgan fingerprint density at radius 2 is 2.32 bits per heavy atom. The number of hydrogen-bond donors (Lipinski definition) is 1. The Hall–Kier alpha value is -0.580. The third-order valence-corrected chi connectivity index (χ3v) is 3.81. The minimum Gasteiger partial charge on any atom is -0.337 e. The van der Waals surface area contributed by atoms with Gasteiger partial charge < -0.3 is 10.2 Å². The van der Waals surface area contributed by atoms with Crippen LogP contribution in [0.5, 0.6) is 0 Å². The van der Waals surface area contributed by atoms with E-state index in [2.05, 4.69) is 33.4 Å². The van der Waals surface area contributed by atoms with Gasteiger partial charge in [0.1, 0.15) is 0 Å². The molecule has 1 aromatic carbocycles. The van der Waals surface area contributed by atoms with Gasteiger partial charge in [-0.25, -0.2) is 0 Å². The fraction of sp³-hybridized carbons (Fsp3) is 0.500. The van der Waals surface area contributed by atoms with Crippen molar-refractivity contribution in [3.05, 3.63) is 34.3 Å². The molecule has 1 fully saturated rings. The predicted molar refractivity (Wildman–Crippen MR) is 83.5 cm³/mol. The van der Waals surface area contributed by atoms with Gasteiger partial charge >= 0.3 is 0 Å². The van der Waals surface area contributed by atoms with E-state index in [4.69, 9.17) is 0 Å². The van der Waals surface area contributed by atoms with Crippen LogP contribution in [0.1, 0.15) is 25.3 Å².